The van der Waals surface area contributed by atoms with Crippen molar-refractivity contribution >= 4 is 0 Å². The summed E-state index contributed by atoms with van der Waals surface area (Å²) >= 11 is 0. The smallest absolute Gasteiger partial charge is 0.0868 e. The molecule has 1 aliphatic rings. The third-order valence-corrected chi connectivity index (χ3v) is 4.67. The largest absolute Gasteiger partial charge is 0.382 e. The first-order valence-electron chi connectivity index (χ1n) is 9.00. The summed E-state index contributed by atoms with van der Waals surface area (Å²) < 4.78 is 11.2. The number of nitrogens with one attached hydrogen (secondary N) is 1. The summed E-state index contributed by atoms with van der Waals surface area (Å²) in [6.45, 7) is 4.98. The Labute approximate surface area is 150 Å². The summed E-state index contributed by atoms with van der Waals surface area (Å²) in [4.78, 5) is 2.53. The molecular weight excluding hydrogens is 312 g/mol. The Balaban J connectivity index is 1.72. The van der Waals surface area contributed by atoms with E-state index in [1.54, 1.807) is 7.11 Å². The zero-order chi connectivity index (χ0) is 17.3. The van der Waals surface area contributed by atoms with Gasteiger partial charge >= 0.3 is 0 Å². The van der Waals surface area contributed by atoms with E-state index >= 15 is 0 Å². The molecule has 2 aromatic rings. The summed E-state index contributed by atoms with van der Waals surface area (Å²) in [6, 6.07) is 21.7. The number of nitrogens with zero attached hydrogens (tertiary/aromatic N) is 1. The van der Waals surface area contributed by atoms with Gasteiger partial charge in [-0.2, -0.15) is 0 Å². The average molecular weight is 340 g/mol. The molecule has 2 aromatic carbocycles. The van der Waals surface area contributed by atoms with Crippen LogP contribution in [0.15, 0.2) is 60.7 Å². The second kappa shape index (κ2) is 9.68. The van der Waals surface area contributed by atoms with Crippen molar-refractivity contribution in [2.75, 3.05) is 33.4 Å². The number of hydrogen-bond donors (Lipinski definition) is 1. The second-order valence-corrected chi connectivity index (χ2v) is 6.50. The number of methoxy groups -OCH3 is 1. The minimum atomic E-state index is 0.197. The third kappa shape index (κ3) is 5.38. The lowest BCUT2D eigenvalue weighted by molar-refractivity contribution is -0.0150. The van der Waals surface area contributed by atoms with Crippen LogP contribution in [0.2, 0.25) is 0 Å². The summed E-state index contributed by atoms with van der Waals surface area (Å²) in [5, 5.41) is 3.49. The van der Waals surface area contributed by atoms with Gasteiger partial charge in [-0.1, -0.05) is 60.7 Å². The predicted molar refractivity (Wildman–Crippen MR) is 100 cm³/mol. The van der Waals surface area contributed by atoms with Crippen LogP contribution in [0.4, 0.5) is 0 Å². The Hall–Kier alpha value is -1.72. The van der Waals surface area contributed by atoms with E-state index in [9.17, 15) is 0 Å². The fourth-order valence-electron chi connectivity index (χ4n) is 3.38. The van der Waals surface area contributed by atoms with Crippen molar-refractivity contribution in [2.24, 2.45) is 0 Å². The minimum Gasteiger partial charge on any atom is -0.382 e. The van der Waals surface area contributed by atoms with Crippen molar-refractivity contribution in [3.05, 3.63) is 71.8 Å². The Bertz CT molecular complexity index is 564. The van der Waals surface area contributed by atoms with Crippen LogP contribution in [0, 0.1) is 0 Å². The zero-order valence-electron chi connectivity index (χ0n) is 14.9. The Morgan fingerprint density at radius 1 is 0.880 bits per heavy atom. The molecule has 4 heteroatoms. The number of benzene rings is 2. The highest BCUT2D eigenvalue weighted by molar-refractivity contribution is 5.18. The molecule has 2 atom stereocenters. The van der Waals surface area contributed by atoms with Gasteiger partial charge in [0, 0.05) is 33.3 Å². The van der Waals surface area contributed by atoms with Crippen LogP contribution in [0.5, 0.6) is 0 Å². The highest BCUT2D eigenvalue weighted by Gasteiger charge is 2.32. The fourth-order valence-corrected chi connectivity index (χ4v) is 3.38. The van der Waals surface area contributed by atoms with Crippen molar-refractivity contribution < 1.29 is 9.47 Å². The highest BCUT2D eigenvalue weighted by Crippen LogP contribution is 2.19. The molecule has 134 valence electrons. The lowest BCUT2D eigenvalue weighted by Crippen LogP contribution is -2.43. The molecular formula is C21H28N2O2. The van der Waals surface area contributed by atoms with E-state index in [2.05, 4.69) is 70.9 Å². The maximum atomic E-state index is 6.08. The molecule has 1 N–H and O–H groups in total. The maximum absolute atomic E-state index is 6.08. The molecule has 0 aromatic heterocycles. The summed E-state index contributed by atoms with van der Waals surface area (Å²) in [5.41, 5.74) is 2.67. The van der Waals surface area contributed by atoms with Crippen LogP contribution < -0.4 is 5.32 Å². The van der Waals surface area contributed by atoms with Gasteiger partial charge in [0.2, 0.25) is 0 Å². The molecule has 0 aliphatic carbocycles. The van der Waals surface area contributed by atoms with Crippen LogP contribution >= 0.6 is 0 Å². The van der Waals surface area contributed by atoms with Gasteiger partial charge in [0.05, 0.1) is 25.4 Å². The number of rotatable bonds is 9. The van der Waals surface area contributed by atoms with Crippen LogP contribution in [0.3, 0.4) is 0 Å². The molecule has 0 saturated carbocycles. The summed E-state index contributed by atoms with van der Waals surface area (Å²) in [6.07, 6.45) is 0.197. The fraction of sp³-hybridized carbons (Fsp3) is 0.429. The molecule has 1 saturated heterocycles. The van der Waals surface area contributed by atoms with Crippen molar-refractivity contribution in [3.63, 3.8) is 0 Å². The van der Waals surface area contributed by atoms with E-state index in [1.165, 1.54) is 11.1 Å². The SMILES string of the molecule is COCCO[C@@H]1CNC[C@H]1N(Cc1ccccc1)Cc1ccccc1. The number of ether oxygens (including phenoxy) is 2. The first-order chi connectivity index (χ1) is 12.4. The van der Waals surface area contributed by atoms with Crippen molar-refractivity contribution in [1.82, 2.24) is 10.2 Å². The molecule has 3 rings (SSSR count). The lowest BCUT2D eigenvalue weighted by atomic mass is 10.1. The van der Waals surface area contributed by atoms with Crippen LogP contribution in [0.1, 0.15) is 11.1 Å². The normalized spacial score (nSPS) is 20.2. The molecule has 0 spiro atoms. The monoisotopic (exact) mass is 340 g/mol. The van der Waals surface area contributed by atoms with Crippen LogP contribution in [0.25, 0.3) is 0 Å². The van der Waals surface area contributed by atoms with Gasteiger partial charge in [-0.15, -0.1) is 0 Å². The minimum absolute atomic E-state index is 0.197. The molecule has 1 aliphatic heterocycles. The average Bonchev–Trinajstić information content (AvgIpc) is 3.12. The van der Waals surface area contributed by atoms with Gasteiger partial charge in [0.1, 0.15) is 0 Å². The standard InChI is InChI=1S/C21H28N2O2/c1-24-12-13-25-21-15-22-14-20(21)23(16-18-8-4-2-5-9-18)17-19-10-6-3-7-11-19/h2-11,20-22H,12-17H2,1H3/t20-,21-/m1/s1. The molecule has 1 fully saturated rings. The van der Waals surface area contributed by atoms with Gasteiger partial charge in [0.15, 0.2) is 0 Å². The van der Waals surface area contributed by atoms with Crippen LogP contribution in [-0.4, -0.2) is 50.5 Å². The molecule has 0 radical (unpaired) electrons. The molecule has 25 heavy (non-hydrogen) atoms. The topological polar surface area (TPSA) is 33.7 Å². The molecule has 0 bridgehead atoms. The summed E-state index contributed by atoms with van der Waals surface area (Å²) in [7, 11) is 1.71. The van der Waals surface area contributed by atoms with Crippen LogP contribution in [-0.2, 0) is 22.6 Å². The molecule has 1 heterocycles. The van der Waals surface area contributed by atoms with Gasteiger partial charge in [-0.3, -0.25) is 4.90 Å². The quantitative estimate of drug-likeness (QED) is 0.712. The maximum Gasteiger partial charge on any atom is 0.0868 e. The third-order valence-electron chi connectivity index (χ3n) is 4.67. The Morgan fingerprint density at radius 3 is 2.04 bits per heavy atom. The van der Waals surface area contributed by atoms with E-state index in [4.69, 9.17) is 9.47 Å². The molecule has 0 unspecified atom stereocenters. The molecule has 0 amide bonds. The first-order valence-corrected chi connectivity index (χ1v) is 9.00. The Morgan fingerprint density at radius 2 is 1.48 bits per heavy atom. The first kappa shape index (κ1) is 18.1. The number of hydrogen-bond acceptors (Lipinski definition) is 4. The Kier molecular flexibility index (Phi) is 7.00. The van der Waals surface area contributed by atoms with Crippen molar-refractivity contribution in [1.29, 1.82) is 0 Å². The van der Waals surface area contributed by atoms with Gasteiger partial charge < -0.3 is 14.8 Å². The van der Waals surface area contributed by atoms with E-state index < -0.39 is 0 Å². The summed E-state index contributed by atoms with van der Waals surface area (Å²) in [5.74, 6) is 0. The van der Waals surface area contributed by atoms with E-state index in [1.807, 2.05) is 0 Å². The van der Waals surface area contributed by atoms with E-state index in [0.29, 0.717) is 19.3 Å². The van der Waals surface area contributed by atoms with Gasteiger partial charge in [-0.25, -0.2) is 0 Å². The van der Waals surface area contributed by atoms with Crippen molar-refractivity contribution in [3.8, 4) is 0 Å². The molecule has 4 nitrogen and oxygen atoms in total. The van der Waals surface area contributed by atoms with Crippen molar-refractivity contribution in [2.45, 2.75) is 25.2 Å². The van der Waals surface area contributed by atoms with Gasteiger partial charge in [-0.05, 0) is 11.1 Å². The second-order valence-electron chi connectivity index (χ2n) is 6.50. The van der Waals surface area contributed by atoms with Gasteiger partial charge in [0.25, 0.3) is 0 Å². The zero-order valence-corrected chi connectivity index (χ0v) is 14.9. The van der Waals surface area contributed by atoms with E-state index in [-0.39, 0.29) is 6.10 Å². The highest BCUT2D eigenvalue weighted by atomic mass is 16.5. The van der Waals surface area contributed by atoms with E-state index in [0.717, 1.165) is 26.2 Å². The lowest BCUT2D eigenvalue weighted by Gasteiger charge is -2.32. The predicted octanol–water partition coefficient (Wildman–Crippen LogP) is 2.69.